The number of halogens is 2. The van der Waals surface area contributed by atoms with Crippen molar-refractivity contribution in [2.24, 2.45) is 0 Å². The monoisotopic (exact) mass is 332 g/mol. The van der Waals surface area contributed by atoms with Crippen molar-refractivity contribution in [3.8, 4) is 11.5 Å². The highest BCUT2D eigenvalue weighted by atomic mass is 35.5. The van der Waals surface area contributed by atoms with Crippen molar-refractivity contribution in [1.29, 1.82) is 0 Å². The van der Waals surface area contributed by atoms with E-state index in [1.165, 1.54) is 0 Å². The molecule has 0 unspecified atom stereocenters. The van der Waals surface area contributed by atoms with Crippen molar-refractivity contribution in [1.82, 2.24) is 0 Å². The molecule has 0 saturated carbocycles. The topological polar surface area (TPSA) is 55.8 Å². The smallest absolute Gasteiger partial charge is 0.349 e. The highest BCUT2D eigenvalue weighted by Crippen LogP contribution is 2.32. The van der Waals surface area contributed by atoms with Crippen molar-refractivity contribution in [2.45, 2.75) is 0 Å². The first-order valence-corrected chi connectivity index (χ1v) is 7.23. The number of rotatable bonds is 6. The maximum Gasteiger partial charge on any atom is 0.349 e. The lowest BCUT2D eigenvalue weighted by molar-refractivity contribution is 0.0697. The number of aromatic carboxylic acids is 1. The van der Waals surface area contributed by atoms with Crippen LogP contribution in [0.4, 0.5) is 0 Å². The number of carboxylic acid groups (broad SMARTS) is 1. The van der Waals surface area contributed by atoms with Crippen LogP contribution in [0.2, 0.25) is 10.0 Å². The molecule has 106 valence electrons. The van der Waals surface area contributed by atoms with Crippen molar-refractivity contribution in [3.05, 3.63) is 44.6 Å². The van der Waals surface area contributed by atoms with Gasteiger partial charge in [-0.05, 0) is 23.6 Å². The van der Waals surface area contributed by atoms with Gasteiger partial charge in [0.2, 0.25) is 0 Å². The Morgan fingerprint density at radius 3 is 2.45 bits per heavy atom. The summed E-state index contributed by atoms with van der Waals surface area (Å²) in [5, 5.41) is 11.4. The number of hydrogen-bond donors (Lipinski definition) is 1. The third-order valence-electron chi connectivity index (χ3n) is 2.33. The van der Waals surface area contributed by atoms with Crippen LogP contribution in [0.15, 0.2) is 29.6 Å². The maximum atomic E-state index is 10.9. The standard InChI is InChI=1S/C13H10Cl2O4S/c14-8-2-1-3-9(15)11(8)19-6-5-18-10-4-7-20-12(10)13(16)17/h1-4,7H,5-6H2,(H,16,17). The van der Waals surface area contributed by atoms with Crippen molar-refractivity contribution in [2.75, 3.05) is 13.2 Å². The molecular weight excluding hydrogens is 323 g/mol. The summed E-state index contributed by atoms with van der Waals surface area (Å²) in [6.07, 6.45) is 0. The van der Waals surface area contributed by atoms with Gasteiger partial charge in [0, 0.05) is 0 Å². The van der Waals surface area contributed by atoms with Gasteiger partial charge >= 0.3 is 5.97 Å². The molecule has 1 heterocycles. The van der Waals surface area contributed by atoms with Gasteiger partial charge in [0.15, 0.2) is 10.6 Å². The van der Waals surface area contributed by atoms with E-state index in [1.807, 2.05) is 0 Å². The molecule has 2 aromatic rings. The van der Waals surface area contributed by atoms with E-state index in [2.05, 4.69) is 0 Å². The number of carboxylic acids is 1. The lowest BCUT2D eigenvalue weighted by Gasteiger charge is -2.10. The van der Waals surface area contributed by atoms with Gasteiger partial charge in [0.1, 0.15) is 19.0 Å². The molecule has 0 atom stereocenters. The molecule has 0 amide bonds. The molecule has 0 radical (unpaired) electrons. The van der Waals surface area contributed by atoms with E-state index in [4.69, 9.17) is 37.8 Å². The minimum absolute atomic E-state index is 0.167. The number of hydrogen-bond acceptors (Lipinski definition) is 4. The van der Waals surface area contributed by atoms with Gasteiger partial charge in [0.05, 0.1) is 10.0 Å². The zero-order chi connectivity index (χ0) is 14.5. The van der Waals surface area contributed by atoms with Crippen LogP contribution in [-0.2, 0) is 0 Å². The Morgan fingerprint density at radius 2 is 1.80 bits per heavy atom. The second kappa shape index (κ2) is 6.83. The highest BCUT2D eigenvalue weighted by molar-refractivity contribution is 7.12. The van der Waals surface area contributed by atoms with E-state index in [0.717, 1.165) is 11.3 Å². The predicted octanol–water partition coefficient (Wildman–Crippen LogP) is 4.21. The number of benzene rings is 1. The molecular formula is C13H10Cl2O4S. The van der Waals surface area contributed by atoms with Crippen molar-refractivity contribution < 1.29 is 19.4 Å². The minimum atomic E-state index is -1.01. The van der Waals surface area contributed by atoms with Gasteiger partial charge in [-0.25, -0.2) is 4.79 Å². The first-order valence-electron chi connectivity index (χ1n) is 5.60. The number of para-hydroxylation sites is 1. The molecule has 1 aromatic carbocycles. The fourth-order valence-corrected chi connectivity index (χ4v) is 2.66. The largest absolute Gasteiger partial charge is 0.488 e. The van der Waals surface area contributed by atoms with Gasteiger partial charge in [0.25, 0.3) is 0 Å². The summed E-state index contributed by atoms with van der Waals surface area (Å²) in [7, 11) is 0. The molecule has 0 fully saturated rings. The number of thiophene rings is 1. The quantitative estimate of drug-likeness (QED) is 0.805. The van der Waals surface area contributed by atoms with E-state index in [0.29, 0.717) is 21.5 Å². The number of carbonyl (C=O) groups is 1. The molecule has 1 aromatic heterocycles. The summed E-state index contributed by atoms with van der Waals surface area (Å²) in [5.74, 6) is -0.287. The second-order valence-electron chi connectivity index (χ2n) is 3.67. The molecule has 7 heteroatoms. The van der Waals surface area contributed by atoms with Crippen molar-refractivity contribution in [3.63, 3.8) is 0 Å². The lowest BCUT2D eigenvalue weighted by Crippen LogP contribution is -2.10. The first kappa shape index (κ1) is 15.0. The van der Waals surface area contributed by atoms with Crippen LogP contribution in [-0.4, -0.2) is 24.3 Å². The van der Waals surface area contributed by atoms with Crippen LogP contribution in [0, 0.1) is 0 Å². The van der Waals surface area contributed by atoms with E-state index in [-0.39, 0.29) is 18.1 Å². The molecule has 0 bridgehead atoms. The highest BCUT2D eigenvalue weighted by Gasteiger charge is 2.13. The van der Waals surface area contributed by atoms with Crippen LogP contribution in [0.1, 0.15) is 9.67 Å². The normalized spacial score (nSPS) is 10.3. The summed E-state index contributed by atoms with van der Waals surface area (Å²) in [5.41, 5.74) is 0. The third kappa shape index (κ3) is 3.56. The average Bonchev–Trinajstić information content (AvgIpc) is 2.86. The molecule has 2 rings (SSSR count). The Balaban J connectivity index is 1.88. The summed E-state index contributed by atoms with van der Waals surface area (Å²) in [6.45, 7) is 0.400. The molecule has 0 spiro atoms. The molecule has 0 aliphatic heterocycles. The van der Waals surface area contributed by atoms with Gasteiger partial charge in [-0.2, -0.15) is 0 Å². The average molecular weight is 333 g/mol. The van der Waals surface area contributed by atoms with Crippen LogP contribution in [0.25, 0.3) is 0 Å². The Hall–Kier alpha value is -1.43. The molecule has 1 N–H and O–H groups in total. The summed E-state index contributed by atoms with van der Waals surface area (Å²) in [6, 6.07) is 6.67. The summed E-state index contributed by atoms with van der Waals surface area (Å²) in [4.78, 5) is 11.1. The zero-order valence-electron chi connectivity index (χ0n) is 10.1. The first-order chi connectivity index (χ1) is 9.59. The Labute approximate surface area is 129 Å². The molecule has 0 aliphatic carbocycles. The molecule has 4 nitrogen and oxygen atoms in total. The fourth-order valence-electron chi connectivity index (χ4n) is 1.48. The molecule has 0 aliphatic rings. The summed E-state index contributed by atoms with van der Waals surface area (Å²) >= 11 is 13.0. The Morgan fingerprint density at radius 1 is 1.15 bits per heavy atom. The van der Waals surface area contributed by atoms with E-state index >= 15 is 0 Å². The van der Waals surface area contributed by atoms with Gasteiger partial charge in [-0.3, -0.25) is 0 Å². The van der Waals surface area contributed by atoms with Gasteiger partial charge < -0.3 is 14.6 Å². The van der Waals surface area contributed by atoms with Gasteiger partial charge in [-0.1, -0.05) is 29.3 Å². The van der Waals surface area contributed by atoms with Gasteiger partial charge in [-0.15, -0.1) is 11.3 Å². The summed E-state index contributed by atoms with van der Waals surface area (Å²) < 4.78 is 10.8. The fraction of sp³-hybridized carbons (Fsp3) is 0.154. The molecule has 20 heavy (non-hydrogen) atoms. The van der Waals surface area contributed by atoms with Crippen LogP contribution in [0.5, 0.6) is 11.5 Å². The number of ether oxygens (including phenoxy) is 2. The Bertz CT molecular complexity index is 592. The van der Waals surface area contributed by atoms with E-state index < -0.39 is 5.97 Å². The van der Waals surface area contributed by atoms with Crippen LogP contribution in [0.3, 0.4) is 0 Å². The Kier molecular flexibility index (Phi) is 5.11. The van der Waals surface area contributed by atoms with E-state index in [9.17, 15) is 4.79 Å². The predicted molar refractivity (Wildman–Crippen MR) is 78.7 cm³/mol. The maximum absolute atomic E-state index is 10.9. The van der Waals surface area contributed by atoms with E-state index in [1.54, 1.807) is 29.6 Å². The SMILES string of the molecule is O=C(O)c1sccc1OCCOc1c(Cl)cccc1Cl. The van der Waals surface area contributed by atoms with Crippen LogP contribution >= 0.6 is 34.5 Å². The lowest BCUT2D eigenvalue weighted by atomic mass is 10.3. The minimum Gasteiger partial charge on any atom is -0.488 e. The zero-order valence-corrected chi connectivity index (χ0v) is 12.5. The van der Waals surface area contributed by atoms with Crippen molar-refractivity contribution >= 4 is 40.5 Å². The third-order valence-corrected chi connectivity index (χ3v) is 3.81. The van der Waals surface area contributed by atoms with Crippen LogP contribution < -0.4 is 9.47 Å². The molecule has 0 saturated heterocycles. The second-order valence-corrected chi connectivity index (χ2v) is 5.40.